The summed E-state index contributed by atoms with van der Waals surface area (Å²) < 4.78 is 0. The summed E-state index contributed by atoms with van der Waals surface area (Å²) in [5.41, 5.74) is 0.888. The number of pyridine rings is 1. The molecule has 3 nitrogen and oxygen atoms in total. The average Bonchev–Trinajstić information content (AvgIpc) is 2.29. The molecule has 0 aliphatic rings. The van der Waals surface area contributed by atoms with E-state index in [4.69, 9.17) is 0 Å². The lowest BCUT2D eigenvalue weighted by Gasteiger charge is -2.00. The molecule has 0 saturated carbocycles. The zero-order valence-electron chi connectivity index (χ0n) is 7.38. The van der Waals surface area contributed by atoms with Crippen molar-refractivity contribution in [3.8, 4) is 0 Å². The van der Waals surface area contributed by atoms with Crippen molar-refractivity contribution in [3.05, 3.63) is 42.9 Å². The van der Waals surface area contributed by atoms with E-state index in [-0.39, 0.29) is 0 Å². The van der Waals surface area contributed by atoms with Gasteiger partial charge in [0.15, 0.2) is 0 Å². The topological polar surface area (TPSA) is 38.7 Å². The fraction of sp³-hybridized carbons (Fsp3) is 0. The van der Waals surface area contributed by atoms with Gasteiger partial charge in [-0.2, -0.15) is 10.2 Å². The number of fused-ring (bicyclic) bond motifs is 3. The second-order valence-electron chi connectivity index (χ2n) is 3.13. The maximum atomic E-state index is 4.31. The molecule has 2 heterocycles. The predicted octanol–water partition coefficient (Wildman–Crippen LogP) is 2.18. The van der Waals surface area contributed by atoms with Gasteiger partial charge >= 0.3 is 0 Å². The Kier molecular flexibility index (Phi) is 1.44. The van der Waals surface area contributed by atoms with E-state index in [2.05, 4.69) is 21.2 Å². The summed E-state index contributed by atoms with van der Waals surface area (Å²) in [4.78, 5) is 4.31. The van der Waals surface area contributed by atoms with Crippen LogP contribution in [0.2, 0.25) is 0 Å². The zero-order chi connectivity index (χ0) is 9.38. The van der Waals surface area contributed by atoms with E-state index in [0.717, 1.165) is 16.3 Å². The van der Waals surface area contributed by atoms with Gasteiger partial charge in [-0.05, 0) is 5.39 Å². The lowest BCUT2D eigenvalue weighted by molar-refractivity contribution is 1.05. The van der Waals surface area contributed by atoms with Gasteiger partial charge in [0.1, 0.15) is 0 Å². The number of hydrogen-bond donors (Lipinski definition) is 0. The Bertz CT molecular complexity index is 550. The molecule has 1 aromatic carbocycles. The quantitative estimate of drug-likeness (QED) is 0.499. The molecule has 3 heteroatoms. The molecule has 0 spiro atoms. The molecule has 0 fully saturated rings. The summed E-state index contributed by atoms with van der Waals surface area (Å²) in [6.45, 7) is 0. The van der Waals surface area contributed by atoms with E-state index in [1.807, 2.05) is 24.4 Å². The predicted molar refractivity (Wildman–Crippen MR) is 54.8 cm³/mol. The minimum Gasteiger partial charge on any atom is -0.254 e. The van der Waals surface area contributed by atoms with Crippen LogP contribution in [0.15, 0.2) is 42.9 Å². The summed E-state index contributed by atoms with van der Waals surface area (Å²) in [7, 11) is 0. The number of aromatic nitrogens is 3. The van der Waals surface area contributed by atoms with Crippen LogP contribution in [0.25, 0.3) is 21.7 Å². The Balaban J connectivity index is 2.61. The molecule has 14 heavy (non-hydrogen) atoms. The summed E-state index contributed by atoms with van der Waals surface area (Å²) in [6, 6.07) is 8.13. The molecule has 0 aliphatic carbocycles. The first-order valence-electron chi connectivity index (χ1n) is 4.39. The number of nitrogens with zero attached hydrogens (tertiary/aromatic N) is 3. The Labute approximate surface area is 80.4 Å². The van der Waals surface area contributed by atoms with Crippen LogP contribution >= 0.6 is 0 Å². The maximum absolute atomic E-state index is 4.31. The van der Waals surface area contributed by atoms with Gasteiger partial charge in [-0.15, -0.1) is 0 Å². The van der Waals surface area contributed by atoms with E-state index in [1.165, 1.54) is 5.39 Å². The second-order valence-corrected chi connectivity index (χ2v) is 3.13. The van der Waals surface area contributed by atoms with Crippen LogP contribution in [0.5, 0.6) is 0 Å². The number of hydrogen-bond acceptors (Lipinski definition) is 3. The number of rotatable bonds is 0. The zero-order valence-corrected chi connectivity index (χ0v) is 7.38. The molecule has 0 aliphatic heterocycles. The molecule has 0 atom stereocenters. The van der Waals surface area contributed by atoms with Gasteiger partial charge in [0.05, 0.1) is 17.9 Å². The normalized spacial score (nSPS) is 10.9. The highest BCUT2D eigenvalue weighted by Crippen LogP contribution is 2.20. The summed E-state index contributed by atoms with van der Waals surface area (Å²) in [5, 5.41) is 11.0. The van der Waals surface area contributed by atoms with Crippen molar-refractivity contribution in [2.75, 3.05) is 0 Å². The van der Waals surface area contributed by atoms with Crippen molar-refractivity contribution >= 4 is 21.7 Å². The Morgan fingerprint density at radius 2 is 1.64 bits per heavy atom. The lowest BCUT2D eigenvalue weighted by Crippen LogP contribution is -1.85. The average molecular weight is 181 g/mol. The molecule has 3 aromatic rings. The second kappa shape index (κ2) is 2.73. The summed E-state index contributed by atoms with van der Waals surface area (Å²) in [6.07, 6.45) is 5.30. The van der Waals surface area contributed by atoms with Crippen LogP contribution in [0.3, 0.4) is 0 Å². The largest absolute Gasteiger partial charge is 0.254 e. The van der Waals surface area contributed by atoms with Crippen molar-refractivity contribution in [1.29, 1.82) is 0 Å². The molecule has 3 rings (SSSR count). The van der Waals surface area contributed by atoms with E-state index >= 15 is 0 Å². The highest BCUT2D eigenvalue weighted by molar-refractivity contribution is 6.04. The number of benzene rings is 1. The Morgan fingerprint density at radius 3 is 2.64 bits per heavy atom. The maximum Gasteiger partial charge on any atom is 0.0926 e. The third-order valence-corrected chi connectivity index (χ3v) is 2.30. The van der Waals surface area contributed by atoms with Crippen LogP contribution in [0.1, 0.15) is 0 Å². The van der Waals surface area contributed by atoms with Crippen molar-refractivity contribution < 1.29 is 0 Å². The van der Waals surface area contributed by atoms with Crippen molar-refractivity contribution in [1.82, 2.24) is 15.2 Å². The molecule has 0 saturated heterocycles. The van der Waals surface area contributed by atoms with Crippen LogP contribution in [-0.4, -0.2) is 15.2 Å². The van der Waals surface area contributed by atoms with E-state index < -0.39 is 0 Å². The summed E-state index contributed by atoms with van der Waals surface area (Å²) in [5.74, 6) is 0. The van der Waals surface area contributed by atoms with Gasteiger partial charge < -0.3 is 0 Å². The highest BCUT2D eigenvalue weighted by Gasteiger charge is 1.99. The first-order chi connectivity index (χ1) is 6.95. The van der Waals surface area contributed by atoms with Gasteiger partial charge in [0, 0.05) is 17.0 Å². The Morgan fingerprint density at radius 1 is 0.786 bits per heavy atom. The fourth-order valence-corrected chi connectivity index (χ4v) is 1.62. The van der Waals surface area contributed by atoms with E-state index in [0.29, 0.717) is 0 Å². The van der Waals surface area contributed by atoms with Crippen molar-refractivity contribution in [3.63, 3.8) is 0 Å². The molecule has 0 unspecified atom stereocenters. The van der Waals surface area contributed by atoms with Gasteiger partial charge in [-0.1, -0.05) is 24.3 Å². The third-order valence-electron chi connectivity index (χ3n) is 2.30. The lowest BCUT2D eigenvalue weighted by atomic mass is 10.1. The van der Waals surface area contributed by atoms with Gasteiger partial charge in [0.2, 0.25) is 0 Å². The smallest absolute Gasteiger partial charge is 0.0926 e. The SMILES string of the molecule is c1ccc2c(c1)cnc1cnncc12. The van der Waals surface area contributed by atoms with Crippen molar-refractivity contribution in [2.24, 2.45) is 0 Å². The van der Waals surface area contributed by atoms with Gasteiger partial charge in [0.25, 0.3) is 0 Å². The molecule has 0 N–H and O–H groups in total. The van der Waals surface area contributed by atoms with Crippen molar-refractivity contribution in [2.45, 2.75) is 0 Å². The minimum atomic E-state index is 0.888. The van der Waals surface area contributed by atoms with Gasteiger partial charge in [-0.25, -0.2) is 0 Å². The first-order valence-corrected chi connectivity index (χ1v) is 4.39. The van der Waals surface area contributed by atoms with Crippen LogP contribution in [0, 0.1) is 0 Å². The molecule has 2 aromatic heterocycles. The molecule has 0 amide bonds. The van der Waals surface area contributed by atoms with E-state index in [1.54, 1.807) is 12.4 Å². The molecule has 0 radical (unpaired) electrons. The van der Waals surface area contributed by atoms with E-state index in [9.17, 15) is 0 Å². The van der Waals surface area contributed by atoms with Crippen LogP contribution < -0.4 is 0 Å². The van der Waals surface area contributed by atoms with Crippen LogP contribution in [-0.2, 0) is 0 Å². The summed E-state index contributed by atoms with van der Waals surface area (Å²) >= 11 is 0. The van der Waals surface area contributed by atoms with Gasteiger partial charge in [-0.3, -0.25) is 4.98 Å². The molecular formula is C11H7N3. The minimum absolute atomic E-state index is 0.888. The fourth-order valence-electron chi connectivity index (χ4n) is 1.62. The first kappa shape index (κ1) is 7.38. The molecular weight excluding hydrogens is 174 g/mol. The standard InChI is InChI=1S/C11H7N3/c1-2-4-9-8(3-1)5-12-11-7-14-13-6-10(9)11/h1-7H. The highest BCUT2D eigenvalue weighted by atomic mass is 15.1. The Hall–Kier alpha value is -2.03. The molecule has 0 bridgehead atoms. The van der Waals surface area contributed by atoms with Crippen LogP contribution in [0.4, 0.5) is 0 Å². The molecule has 66 valence electrons. The third kappa shape index (κ3) is 0.956. The monoisotopic (exact) mass is 181 g/mol.